The number of aryl methyl sites for hydroxylation is 2. The van der Waals surface area contributed by atoms with E-state index in [4.69, 9.17) is 0 Å². The molecule has 17 heavy (non-hydrogen) atoms. The predicted molar refractivity (Wildman–Crippen MR) is 71.7 cm³/mol. The van der Waals surface area contributed by atoms with E-state index in [0.29, 0.717) is 13.1 Å². The summed E-state index contributed by atoms with van der Waals surface area (Å²) in [5.41, 5.74) is 2.06. The third kappa shape index (κ3) is 4.40. The quantitative estimate of drug-likeness (QED) is 0.789. The first-order valence-corrected chi connectivity index (χ1v) is 8.29. The molecule has 7 heteroatoms. The van der Waals surface area contributed by atoms with E-state index in [-0.39, 0.29) is 5.75 Å². The number of hydrogen-bond acceptors (Lipinski definition) is 4. The van der Waals surface area contributed by atoms with Crippen molar-refractivity contribution in [1.29, 1.82) is 0 Å². The number of aromatic nitrogens is 2. The number of nitrogens with zero attached hydrogens (tertiary/aromatic N) is 2. The normalized spacial score (nSPS) is 12.0. The second kappa shape index (κ2) is 5.97. The van der Waals surface area contributed by atoms with Crippen molar-refractivity contribution in [3.8, 4) is 0 Å². The molecule has 0 amide bonds. The smallest absolute Gasteiger partial charge is 0.148 e. The van der Waals surface area contributed by atoms with Crippen LogP contribution in [0.1, 0.15) is 18.3 Å². The molecule has 0 spiro atoms. The van der Waals surface area contributed by atoms with Crippen molar-refractivity contribution in [2.75, 3.05) is 18.6 Å². The number of rotatable bonds is 6. The highest BCUT2D eigenvalue weighted by Crippen LogP contribution is 2.21. The molecule has 1 aromatic rings. The summed E-state index contributed by atoms with van der Waals surface area (Å²) in [4.78, 5) is 0. The van der Waals surface area contributed by atoms with Crippen molar-refractivity contribution in [3.63, 3.8) is 0 Å². The summed E-state index contributed by atoms with van der Waals surface area (Å²) in [5, 5.41) is 7.48. The minimum Gasteiger partial charge on any atom is -0.310 e. The van der Waals surface area contributed by atoms with Gasteiger partial charge in [-0.3, -0.25) is 4.68 Å². The van der Waals surface area contributed by atoms with Crippen molar-refractivity contribution in [2.45, 2.75) is 19.9 Å². The minimum absolute atomic E-state index is 0.156. The monoisotopic (exact) mass is 323 g/mol. The van der Waals surface area contributed by atoms with Gasteiger partial charge in [-0.2, -0.15) is 5.10 Å². The van der Waals surface area contributed by atoms with Crippen molar-refractivity contribution >= 4 is 25.8 Å². The zero-order chi connectivity index (χ0) is 13.1. The summed E-state index contributed by atoms with van der Waals surface area (Å²) < 4.78 is 24.7. The van der Waals surface area contributed by atoms with Crippen LogP contribution in [-0.4, -0.2) is 36.8 Å². The van der Waals surface area contributed by atoms with Gasteiger partial charge in [-0.05, 0) is 22.4 Å². The predicted octanol–water partition coefficient (Wildman–Crippen LogP) is 0.879. The van der Waals surface area contributed by atoms with Gasteiger partial charge in [0.2, 0.25) is 0 Å². The summed E-state index contributed by atoms with van der Waals surface area (Å²) in [6.07, 6.45) is 2.11. The van der Waals surface area contributed by atoms with Gasteiger partial charge in [0.15, 0.2) is 0 Å². The standard InChI is InChI=1S/C10H18BrN3O2S/c1-4-8-10(11)9(14(2)13-8)7-12-5-6-17(3,15)16/h12H,4-7H2,1-3H3. The molecule has 0 unspecified atom stereocenters. The highest BCUT2D eigenvalue weighted by atomic mass is 79.9. The van der Waals surface area contributed by atoms with Crippen molar-refractivity contribution in [3.05, 3.63) is 15.9 Å². The number of hydrogen-bond donors (Lipinski definition) is 1. The Hall–Kier alpha value is -0.400. The van der Waals surface area contributed by atoms with Gasteiger partial charge in [-0.25, -0.2) is 8.42 Å². The Bertz CT molecular complexity index is 482. The molecule has 1 heterocycles. The zero-order valence-corrected chi connectivity index (χ0v) is 12.7. The third-order valence-corrected chi connectivity index (χ3v) is 4.31. The second-order valence-corrected chi connectivity index (χ2v) is 7.04. The molecule has 0 aliphatic heterocycles. The Morgan fingerprint density at radius 1 is 1.47 bits per heavy atom. The molecule has 0 bridgehead atoms. The summed E-state index contributed by atoms with van der Waals surface area (Å²) in [6, 6.07) is 0. The number of nitrogens with one attached hydrogen (secondary N) is 1. The molecule has 0 saturated heterocycles. The lowest BCUT2D eigenvalue weighted by Crippen LogP contribution is -2.23. The van der Waals surface area contributed by atoms with Crippen LogP contribution in [0.5, 0.6) is 0 Å². The highest BCUT2D eigenvalue weighted by molar-refractivity contribution is 9.10. The summed E-state index contributed by atoms with van der Waals surface area (Å²) >= 11 is 3.51. The van der Waals surface area contributed by atoms with Gasteiger partial charge in [0.05, 0.1) is 21.6 Å². The SMILES string of the molecule is CCc1nn(C)c(CNCCS(C)(=O)=O)c1Br. The molecular weight excluding hydrogens is 306 g/mol. The van der Waals surface area contributed by atoms with E-state index in [1.165, 1.54) is 6.26 Å². The molecule has 5 nitrogen and oxygen atoms in total. The first-order chi connectivity index (χ1) is 7.85. The fraction of sp³-hybridized carbons (Fsp3) is 0.700. The Balaban J connectivity index is 2.55. The van der Waals surface area contributed by atoms with E-state index in [0.717, 1.165) is 22.3 Å². The fourth-order valence-corrected chi connectivity index (χ4v) is 2.75. The lowest BCUT2D eigenvalue weighted by Gasteiger charge is -2.05. The maximum atomic E-state index is 11.0. The Labute approximate surface area is 111 Å². The van der Waals surface area contributed by atoms with Crippen LogP contribution in [0.15, 0.2) is 4.47 Å². The van der Waals surface area contributed by atoms with Crippen LogP contribution >= 0.6 is 15.9 Å². The summed E-state index contributed by atoms with van der Waals surface area (Å²) in [6.45, 7) is 3.12. The Morgan fingerprint density at radius 2 is 2.12 bits per heavy atom. The molecule has 0 fully saturated rings. The first kappa shape index (κ1) is 14.7. The molecule has 1 N–H and O–H groups in total. The molecule has 0 aromatic carbocycles. The minimum atomic E-state index is -2.89. The largest absolute Gasteiger partial charge is 0.310 e. The van der Waals surface area contributed by atoms with Crippen molar-refractivity contribution < 1.29 is 8.42 Å². The molecule has 1 aromatic heterocycles. The summed E-state index contributed by atoms with van der Waals surface area (Å²) in [7, 11) is -1.01. The van der Waals surface area contributed by atoms with Gasteiger partial charge in [0.25, 0.3) is 0 Å². The lowest BCUT2D eigenvalue weighted by atomic mass is 10.3. The molecule has 0 radical (unpaired) electrons. The molecular formula is C10H18BrN3O2S. The van der Waals surface area contributed by atoms with Crippen LogP contribution in [0.2, 0.25) is 0 Å². The molecule has 0 saturated carbocycles. The highest BCUT2D eigenvalue weighted by Gasteiger charge is 2.11. The van der Waals surface area contributed by atoms with E-state index in [1.807, 2.05) is 18.7 Å². The fourth-order valence-electron chi connectivity index (χ4n) is 1.48. The van der Waals surface area contributed by atoms with Crippen LogP contribution in [0, 0.1) is 0 Å². The van der Waals surface area contributed by atoms with E-state index < -0.39 is 9.84 Å². The van der Waals surface area contributed by atoms with E-state index in [2.05, 4.69) is 26.3 Å². The maximum absolute atomic E-state index is 11.0. The third-order valence-electron chi connectivity index (χ3n) is 2.45. The lowest BCUT2D eigenvalue weighted by molar-refractivity contribution is 0.592. The van der Waals surface area contributed by atoms with Gasteiger partial charge in [-0.1, -0.05) is 6.92 Å². The van der Waals surface area contributed by atoms with Crippen LogP contribution in [0.4, 0.5) is 0 Å². The Kier molecular flexibility index (Phi) is 5.15. The van der Waals surface area contributed by atoms with Crippen molar-refractivity contribution in [1.82, 2.24) is 15.1 Å². The molecule has 1 rings (SSSR count). The van der Waals surface area contributed by atoms with Crippen LogP contribution in [0.25, 0.3) is 0 Å². The molecule has 98 valence electrons. The van der Waals surface area contributed by atoms with Crippen molar-refractivity contribution in [2.24, 2.45) is 7.05 Å². The topological polar surface area (TPSA) is 64.0 Å². The Morgan fingerprint density at radius 3 is 2.59 bits per heavy atom. The van der Waals surface area contributed by atoms with E-state index in [1.54, 1.807) is 0 Å². The van der Waals surface area contributed by atoms with Gasteiger partial charge in [0, 0.05) is 26.4 Å². The van der Waals surface area contributed by atoms with Gasteiger partial charge in [-0.15, -0.1) is 0 Å². The number of halogens is 1. The van der Waals surface area contributed by atoms with Crippen LogP contribution in [-0.2, 0) is 29.9 Å². The average molecular weight is 324 g/mol. The van der Waals surface area contributed by atoms with E-state index >= 15 is 0 Å². The van der Waals surface area contributed by atoms with Gasteiger partial charge < -0.3 is 5.32 Å². The van der Waals surface area contributed by atoms with Crippen LogP contribution < -0.4 is 5.32 Å². The second-order valence-electron chi connectivity index (χ2n) is 3.99. The molecule has 0 aliphatic carbocycles. The van der Waals surface area contributed by atoms with Gasteiger partial charge in [0.1, 0.15) is 9.84 Å². The maximum Gasteiger partial charge on any atom is 0.148 e. The van der Waals surface area contributed by atoms with Gasteiger partial charge >= 0.3 is 0 Å². The molecule has 0 aliphatic rings. The van der Waals surface area contributed by atoms with E-state index in [9.17, 15) is 8.42 Å². The number of sulfone groups is 1. The zero-order valence-electron chi connectivity index (χ0n) is 10.3. The molecule has 0 atom stereocenters. The summed E-state index contributed by atoms with van der Waals surface area (Å²) in [5.74, 6) is 0.156. The van der Waals surface area contributed by atoms with Crippen LogP contribution in [0.3, 0.4) is 0 Å². The first-order valence-electron chi connectivity index (χ1n) is 5.43. The average Bonchev–Trinajstić information content (AvgIpc) is 2.48.